The molecular formula is C20H24ClFN2O3S. The summed E-state index contributed by atoms with van der Waals surface area (Å²) in [6.45, 7) is 4.77. The maximum Gasteiger partial charge on any atom is 0.243 e. The number of nitrogens with one attached hydrogen (secondary N) is 1. The van der Waals surface area contributed by atoms with Crippen LogP contribution in [0.15, 0.2) is 47.4 Å². The monoisotopic (exact) mass is 426 g/mol. The lowest BCUT2D eigenvalue weighted by Gasteiger charge is -2.21. The SMILES string of the molecule is CCCN(CCC)S(=O)(=O)c1ccc(NC(=O)Cc2c(F)cccc2Cl)cc1. The molecule has 0 aliphatic heterocycles. The van der Waals surface area contributed by atoms with Gasteiger partial charge in [0.1, 0.15) is 5.82 Å². The van der Waals surface area contributed by atoms with Gasteiger partial charge in [-0.15, -0.1) is 0 Å². The second-order valence-corrected chi connectivity index (χ2v) is 8.70. The lowest BCUT2D eigenvalue weighted by Crippen LogP contribution is -2.32. The normalized spacial score (nSPS) is 11.6. The van der Waals surface area contributed by atoms with Crippen molar-refractivity contribution < 1.29 is 17.6 Å². The van der Waals surface area contributed by atoms with Crippen molar-refractivity contribution in [1.82, 2.24) is 4.31 Å². The fourth-order valence-corrected chi connectivity index (χ4v) is 4.63. The summed E-state index contributed by atoms with van der Waals surface area (Å²) in [6.07, 6.45) is 1.24. The molecule has 0 spiro atoms. The van der Waals surface area contributed by atoms with Crippen molar-refractivity contribution in [2.45, 2.75) is 38.0 Å². The quantitative estimate of drug-likeness (QED) is 0.643. The molecule has 1 N–H and O–H groups in total. The van der Waals surface area contributed by atoms with E-state index in [0.717, 1.165) is 12.8 Å². The number of carbonyl (C=O) groups excluding carboxylic acids is 1. The van der Waals surface area contributed by atoms with E-state index in [0.29, 0.717) is 18.8 Å². The van der Waals surface area contributed by atoms with Crippen LogP contribution in [0.2, 0.25) is 5.02 Å². The van der Waals surface area contributed by atoms with Crippen LogP contribution in [-0.4, -0.2) is 31.7 Å². The van der Waals surface area contributed by atoms with E-state index in [1.807, 2.05) is 13.8 Å². The standard InChI is InChI=1S/C20H24ClFN2O3S/c1-3-12-24(13-4-2)28(26,27)16-10-8-15(9-11-16)23-20(25)14-17-18(21)6-5-7-19(17)22/h5-11H,3-4,12-14H2,1-2H3,(H,23,25). The van der Waals surface area contributed by atoms with Crippen LogP contribution in [0.3, 0.4) is 0 Å². The average molecular weight is 427 g/mol. The Morgan fingerprint density at radius 1 is 1.07 bits per heavy atom. The summed E-state index contributed by atoms with van der Waals surface area (Å²) in [5, 5.41) is 2.81. The highest BCUT2D eigenvalue weighted by Gasteiger charge is 2.23. The molecule has 2 rings (SSSR count). The van der Waals surface area contributed by atoms with Gasteiger partial charge in [-0.2, -0.15) is 4.31 Å². The maximum absolute atomic E-state index is 13.8. The molecule has 0 radical (unpaired) electrons. The summed E-state index contributed by atoms with van der Waals surface area (Å²) in [5.41, 5.74) is 0.546. The molecule has 8 heteroatoms. The van der Waals surface area contributed by atoms with Gasteiger partial charge in [0, 0.05) is 29.4 Å². The molecule has 2 aromatic carbocycles. The van der Waals surface area contributed by atoms with Crippen LogP contribution >= 0.6 is 11.6 Å². The van der Waals surface area contributed by atoms with Crippen LogP contribution in [0.25, 0.3) is 0 Å². The van der Waals surface area contributed by atoms with Crippen molar-refractivity contribution in [3.8, 4) is 0 Å². The lowest BCUT2D eigenvalue weighted by atomic mass is 10.1. The van der Waals surface area contributed by atoms with Gasteiger partial charge in [-0.3, -0.25) is 4.79 Å². The van der Waals surface area contributed by atoms with Crippen molar-refractivity contribution >= 4 is 33.2 Å². The van der Waals surface area contributed by atoms with Gasteiger partial charge in [-0.05, 0) is 49.2 Å². The van der Waals surface area contributed by atoms with Gasteiger partial charge in [-0.25, -0.2) is 12.8 Å². The molecule has 0 aromatic heterocycles. The van der Waals surface area contributed by atoms with Gasteiger partial charge in [-0.1, -0.05) is 31.5 Å². The Bertz CT molecular complexity index is 891. The summed E-state index contributed by atoms with van der Waals surface area (Å²) in [5.74, 6) is -0.989. The number of sulfonamides is 1. The molecule has 1 amide bonds. The molecule has 28 heavy (non-hydrogen) atoms. The Balaban J connectivity index is 2.10. The fraction of sp³-hybridized carbons (Fsp3) is 0.350. The van der Waals surface area contributed by atoms with Crippen LogP contribution < -0.4 is 5.32 Å². The highest BCUT2D eigenvalue weighted by atomic mass is 35.5. The third-order valence-electron chi connectivity index (χ3n) is 4.12. The summed E-state index contributed by atoms with van der Waals surface area (Å²) < 4.78 is 40.7. The van der Waals surface area contributed by atoms with E-state index < -0.39 is 21.7 Å². The maximum atomic E-state index is 13.8. The lowest BCUT2D eigenvalue weighted by molar-refractivity contribution is -0.115. The molecule has 0 heterocycles. The molecule has 152 valence electrons. The molecule has 0 bridgehead atoms. The molecule has 0 atom stereocenters. The van der Waals surface area contributed by atoms with Crippen LogP contribution in [0.5, 0.6) is 0 Å². The molecule has 0 aliphatic carbocycles. The zero-order valence-electron chi connectivity index (χ0n) is 15.9. The van der Waals surface area contributed by atoms with Crippen molar-refractivity contribution in [3.05, 3.63) is 58.9 Å². The second kappa shape index (κ2) is 10.0. The summed E-state index contributed by atoms with van der Waals surface area (Å²) >= 11 is 5.94. The molecule has 5 nitrogen and oxygen atoms in total. The largest absolute Gasteiger partial charge is 0.326 e. The average Bonchev–Trinajstić information content (AvgIpc) is 2.65. The molecule has 0 saturated heterocycles. The van der Waals surface area contributed by atoms with Gasteiger partial charge in [0.05, 0.1) is 11.3 Å². The summed E-state index contributed by atoms with van der Waals surface area (Å²) in [4.78, 5) is 12.4. The number of anilines is 1. The van der Waals surface area contributed by atoms with Crippen LogP contribution in [0.4, 0.5) is 10.1 Å². The molecule has 2 aromatic rings. The molecule has 0 unspecified atom stereocenters. The first-order chi connectivity index (χ1) is 13.3. The van der Waals surface area contributed by atoms with E-state index >= 15 is 0 Å². The van der Waals surface area contributed by atoms with Crippen molar-refractivity contribution in [3.63, 3.8) is 0 Å². The van der Waals surface area contributed by atoms with Crippen molar-refractivity contribution in [2.75, 3.05) is 18.4 Å². The predicted molar refractivity (Wildman–Crippen MR) is 110 cm³/mol. The minimum atomic E-state index is -3.58. The zero-order chi connectivity index (χ0) is 20.7. The third kappa shape index (κ3) is 5.53. The molecular weight excluding hydrogens is 403 g/mol. The first kappa shape index (κ1) is 22.3. The Kier molecular flexibility index (Phi) is 7.98. The van der Waals surface area contributed by atoms with E-state index in [-0.39, 0.29) is 21.9 Å². The minimum absolute atomic E-state index is 0.121. The number of hydrogen-bond acceptors (Lipinski definition) is 3. The zero-order valence-corrected chi connectivity index (χ0v) is 17.5. The number of halogens is 2. The third-order valence-corrected chi connectivity index (χ3v) is 6.39. The van der Waals surface area contributed by atoms with Gasteiger partial charge in [0.25, 0.3) is 0 Å². The van der Waals surface area contributed by atoms with E-state index in [1.165, 1.54) is 46.8 Å². The number of benzene rings is 2. The van der Waals surface area contributed by atoms with Gasteiger partial charge >= 0.3 is 0 Å². The highest BCUT2D eigenvalue weighted by Crippen LogP contribution is 2.21. The predicted octanol–water partition coefficient (Wildman–Crippen LogP) is 4.47. The highest BCUT2D eigenvalue weighted by molar-refractivity contribution is 7.89. The van der Waals surface area contributed by atoms with E-state index in [1.54, 1.807) is 0 Å². The van der Waals surface area contributed by atoms with Crippen molar-refractivity contribution in [1.29, 1.82) is 0 Å². The Hall–Kier alpha value is -1.96. The van der Waals surface area contributed by atoms with Crippen LogP contribution in [0, 0.1) is 5.82 Å². The topological polar surface area (TPSA) is 66.5 Å². The van der Waals surface area contributed by atoms with Gasteiger partial charge in [0.15, 0.2) is 0 Å². The van der Waals surface area contributed by atoms with E-state index in [9.17, 15) is 17.6 Å². The minimum Gasteiger partial charge on any atom is -0.326 e. The van der Waals surface area contributed by atoms with Gasteiger partial charge < -0.3 is 5.32 Å². The number of rotatable bonds is 9. The number of amides is 1. The molecule has 0 saturated carbocycles. The molecule has 0 fully saturated rings. The number of hydrogen-bond donors (Lipinski definition) is 1. The number of carbonyl (C=O) groups is 1. The summed E-state index contributed by atoms with van der Waals surface area (Å²) in [7, 11) is -3.58. The van der Waals surface area contributed by atoms with E-state index in [2.05, 4.69) is 5.32 Å². The Morgan fingerprint density at radius 3 is 2.21 bits per heavy atom. The smallest absolute Gasteiger partial charge is 0.243 e. The van der Waals surface area contributed by atoms with Crippen LogP contribution in [-0.2, 0) is 21.2 Å². The first-order valence-electron chi connectivity index (χ1n) is 9.12. The van der Waals surface area contributed by atoms with Crippen LogP contribution in [0.1, 0.15) is 32.3 Å². The number of nitrogens with zero attached hydrogens (tertiary/aromatic N) is 1. The summed E-state index contributed by atoms with van der Waals surface area (Å²) in [6, 6.07) is 10.2. The second-order valence-electron chi connectivity index (χ2n) is 6.35. The van der Waals surface area contributed by atoms with Crippen molar-refractivity contribution in [2.24, 2.45) is 0 Å². The Labute approximate surface area is 170 Å². The first-order valence-corrected chi connectivity index (χ1v) is 10.9. The fourth-order valence-electron chi connectivity index (χ4n) is 2.78. The van der Waals surface area contributed by atoms with Gasteiger partial charge in [0.2, 0.25) is 15.9 Å². The van der Waals surface area contributed by atoms with E-state index in [4.69, 9.17) is 11.6 Å². The Morgan fingerprint density at radius 2 is 1.68 bits per heavy atom. The molecule has 0 aliphatic rings.